The average molecular weight is 210 g/mol. The molecule has 0 aromatic carbocycles. The maximum atomic E-state index is 11.5. The highest BCUT2D eigenvalue weighted by molar-refractivity contribution is 5.92. The Morgan fingerprint density at radius 3 is 2.60 bits per heavy atom. The van der Waals surface area contributed by atoms with Crippen molar-refractivity contribution in [2.75, 3.05) is 13.1 Å². The van der Waals surface area contributed by atoms with Crippen LogP contribution in [-0.2, 0) is 11.8 Å². The minimum atomic E-state index is -0.194. The van der Waals surface area contributed by atoms with Gasteiger partial charge in [-0.3, -0.25) is 14.3 Å². The van der Waals surface area contributed by atoms with Gasteiger partial charge < -0.3 is 10.6 Å². The smallest absolute Gasteiger partial charge is 0.269 e. The first-order chi connectivity index (χ1) is 7.11. The number of nitrogens with zero attached hydrogens (tertiary/aromatic N) is 2. The van der Waals surface area contributed by atoms with Gasteiger partial charge in [-0.1, -0.05) is 0 Å². The van der Waals surface area contributed by atoms with Crippen molar-refractivity contribution in [3.05, 3.63) is 18.0 Å². The first-order valence-electron chi connectivity index (χ1n) is 4.62. The van der Waals surface area contributed by atoms with Crippen molar-refractivity contribution in [3.63, 3.8) is 0 Å². The summed E-state index contributed by atoms with van der Waals surface area (Å²) in [5.41, 5.74) is 0.498. The molecule has 1 aromatic heterocycles. The number of hydrogen-bond acceptors (Lipinski definition) is 3. The minimum Gasteiger partial charge on any atom is -0.355 e. The van der Waals surface area contributed by atoms with E-state index in [0.717, 1.165) is 0 Å². The lowest BCUT2D eigenvalue weighted by Crippen LogP contribution is -2.34. The maximum absolute atomic E-state index is 11.5. The highest BCUT2D eigenvalue weighted by Gasteiger charge is 2.08. The van der Waals surface area contributed by atoms with E-state index in [1.54, 1.807) is 19.3 Å². The van der Waals surface area contributed by atoms with Crippen LogP contribution in [0.4, 0.5) is 0 Å². The van der Waals surface area contributed by atoms with Crippen LogP contribution in [0.25, 0.3) is 0 Å². The van der Waals surface area contributed by atoms with Crippen LogP contribution in [0.15, 0.2) is 12.3 Å². The van der Waals surface area contributed by atoms with Crippen LogP contribution in [0, 0.1) is 0 Å². The SMILES string of the molecule is CC(=O)NCCNC(=O)c1ccnn1C. The molecule has 0 bridgehead atoms. The van der Waals surface area contributed by atoms with Crippen LogP contribution < -0.4 is 10.6 Å². The van der Waals surface area contributed by atoms with Crippen molar-refractivity contribution in [2.24, 2.45) is 7.05 Å². The zero-order valence-electron chi connectivity index (χ0n) is 8.78. The predicted molar refractivity (Wildman–Crippen MR) is 54.2 cm³/mol. The van der Waals surface area contributed by atoms with E-state index in [-0.39, 0.29) is 11.8 Å². The molecule has 15 heavy (non-hydrogen) atoms. The summed E-state index contributed by atoms with van der Waals surface area (Å²) in [6.07, 6.45) is 1.56. The van der Waals surface area contributed by atoms with Gasteiger partial charge in [-0.05, 0) is 6.07 Å². The Morgan fingerprint density at radius 1 is 1.40 bits per heavy atom. The van der Waals surface area contributed by atoms with E-state index < -0.39 is 0 Å². The van der Waals surface area contributed by atoms with Gasteiger partial charge in [-0.25, -0.2) is 0 Å². The summed E-state index contributed by atoms with van der Waals surface area (Å²) in [5, 5.41) is 9.13. The fourth-order valence-corrected chi connectivity index (χ4v) is 1.10. The maximum Gasteiger partial charge on any atom is 0.269 e. The summed E-state index contributed by atoms with van der Waals surface area (Å²) in [5.74, 6) is -0.301. The first kappa shape index (κ1) is 11.2. The molecule has 0 aliphatic rings. The zero-order chi connectivity index (χ0) is 11.3. The molecule has 1 aromatic rings. The molecule has 0 aliphatic heterocycles. The second-order valence-electron chi connectivity index (χ2n) is 3.08. The second kappa shape index (κ2) is 5.14. The van der Waals surface area contributed by atoms with Gasteiger partial charge in [-0.2, -0.15) is 5.10 Å². The molecule has 1 rings (SSSR count). The van der Waals surface area contributed by atoms with Gasteiger partial charge in [-0.15, -0.1) is 0 Å². The third-order valence-electron chi connectivity index (χ3n) is 1.84. The number of rotatable bonds is 4. The second-order valence-corrected chi connectivity index (χ2v) is 3.08. The molecule has 0 atom stereocenters. The Hall–Kier alpha value is -1.85. The number of carbonyl (C=O) groups excluding carboxylic acids is 2. The van der Waals surface area contributed by atoms with E-state index in [0.29, 0.717) is 18.8 Å². The molecule has 0 saturated carbocycles. The van der Waals surface area contributed by atoms with Crippen LogP contribution in [0.1, 0.15) is 17.4 Å². The molecule has 82 valence electrons. The quantitative estimate of drug-likeness (QED) is 0.644. The number of aromatic nitrogens is 2. The average Bonchev–Trinajstić information content (AvgIpc) is 2.58. The summed E-state index contributed by atoms with van der Waals surface area (Å²) in [4.78, 5) is 22.0. The number of nitrogens with one attached hydrogen (secondary N) is 2. The molecule has 1 heterocycles. The monoisotopic (exact) mass is 210 g/mol. The van der Waals surface area contributed by atoms with Crippen LogP contribution in [-0.4, -0.2) is 34.7 Å². The van der Waals surface area contributed by atoms with Crippen molar-refractivity contribution in [2.45, 2.75) is 6.92 Å². The van der Waals surface area contributed by atoms with E-state index in [1.807, 2.05) is 0 Å². The molecule has 2 N–H and O–H groups in total. The van der Waals surface area contributed by atoms with Crippen molar-refractivity contribution in [3.8, 4) is 0 Å². The fraction of sp³-hybridized carbons (Fsp3) is 0.444. The van der Waals surface area contributed by atoms with Crippen LogP contribution in [0.3, 0.4) is 0 Å². The predicted octanol–water partition coefficient (Wildman–Crippen LogP) is -0.714. The fourth-order valence-electron chi connectivity index (χ4n) is 1.10. The number of hydrogen-bond donors (Lipinski definition) is 2. The molecule has 0 unspecified atom stereocenters. The van der Waals surface area contributed by atoms with E-state index >= 15 is 0 Å². The molecule has 6 nitrogen and oxygen atoms in total. The number of carbonyl (C=O) groups is 2. The molecule has 0 saturated heterocycles. The minimum absolute atomic E-state index is 0.107. The Balaban J connectivity index is 2.31. The molecule has 0 fully saturated rings. The lowest BCUT2D eigenvalue weighted by molar-refractivity contribution is -0.118. The van der Waals surface area contributed by atoms with Crippen molar-refractivity contribution in [1.82, 2.24) is 20.4 Å². The molecule has 2 amide bonds. The summed E-state index contributed by atoms with van der Waals surface area (Å²) in [6, 6.07) is 1.63. The first-order valence-corrected chi connectivity index (χ1v) is 4.62. The Bertz CT molecular complexity index is 359. The van der Waals surface area contributed by atoms with Gasteiger partial charge in [0.1, 0.15) is 5.69 Å². The molecule has 6 heteroatoms. The largest absolute Gasteiger partial charge is 0.355 e. The van der Waals surface area contributed by atoms with Crippen molar-refractivity contribution < 1.29 is 9.59 Å². The number of aryl methyl sites for hydroxylation is 1. The lowest BCUT2D eigenvalue weighted by Gasteiger charge is -2.05. The zero-order valence-corrected chi connectivity index (χ0v) is 8.78. The summed E-state index contributed by atoms with van der Waals surface area (Å²) < 4.78 is 1.49. The van der Waals surface area contributed by atoms with Gasteiger partial charge >= 0.3 is 0 Å². The third-order valence-corrected chi connectivity index (χ3v) is 1.84. The van der Waals surface area contributed by atoms with Crippen LogP contribution in [0.5, 0.6) is 0 Å². The van der Waals surface area contributed by atoms with Gasteiger partial charge in [0.15, 0.2) is 0 Å². The normalized spacial score (nSPS) is 9.73. The summed E-state index contributed by atoms with van der Waals surface area (Å²) in [7, 11) is 1.70. The molecule has 0 radical (unpaired) electrons. The highest BCUT2D eigenvalue weighted by Crippen LogP contribution is 1.94. The van der Waals surface area contributed by atoms with Gasteiger partial charge in [0.05, 0.1) is 0 Å². The highest BCUT2D eigenvalue weighted by atomic mass is 16.2. The Labute approximate surface area is 87.7 Å². The van der Waals surface area contributed by atoms with Crippen LogP contribution >= 0.6 is 0 Å². The molecule has 0 aliphatic carbocycles. The van der Waals surface area contributed by atoms with Crippen LogP contribution in [0.2, 0.25) is 0 Å². The van der Waals surface area contributed by atoms with E-state index in [2.05, 4.69) is 15.7 Å². The molecular weight excluding hydrogens is 196 g/mol. The topological polar surface area (TPSA) is 76.0 Å². The van der Waals surface area contributed by atoms with E-state index in [1.165, 1.54) is 11.6 Å². The van der Waals surface area contributed by atoms with E-state index in [4.69, 9.17) is 0 Å². The standard InChI is InChI=1S/C9H14N4O2/c1-7(14)10-5-6-11-9(15)8-3-4-12-13(8)2/h3-4H,5-6H2,1-2H3,(H,10,14)(H,11,15). The molecular formula is C9H14N4O2. The van der Waals surface area contributed by atoms with Gasteiger partial charge in [0, 0.05) is 33.3 Å². The van der Waals surface area contributed by atoms with Gasteiger partial charge in [0.2, 0.25) is 5.91 Å². The van der Waals surface area contributed by atoms with Crippen molar-refractivity contribution in [1.29, 1.82) is 0 Å². The van der Waals surface area contributed by atoms with E-state index in [9.17, 15) is 9.59 Å². The Morgan fingerprint density at radius 2 is 2.07 bits per heavy atom. The number of amides is 2. The summed E-state index contributed by atoms with van der Waals surface area (Å²) in [6.45, 7) is 2.27. The molecule has 0 spiro atoms. The van der Waals surface area contributed by atoms with Gasteiger partial charge in [0.25, 0.3) is 5.91 Å². The van der Waals surface area contributed by atoms with Crippen molar-refractivity contribution >= 4 is 11.8 Å². The third kappa shape index (κ3) is 3.41. The summed E-state index contributed by atoms with van der Waals surface area (Å²) >= 11 is 0. The Kier molecular flexibility index (Phi) is 3.84. The lowest BCUT2D eigenvalue weighted by atomic mass is 10.4.